The summed E-state index contributed by atoms with van der Waals surface area (Å²) in [5.41, 5.74) is 0. The molecule has 0 bridgehead atoms. The van der Waals surface area contributed by atoms with Crippen LogP contribution in [0.1, 0.15) is 6.42 Å². The van der Waals surface area contributed by atoms with E-state index in [9.17, 15) is 4.79 Å². The normalized spacial score (nSPS) is 19.1. The van der Waals surface area contributed by atoms with Crippen LogP contribution in [-0.2, 0) is 4.79 Å². The molecule has 1 saturated heterocycles. The van der Waals surface area contributed by atoms with E-state index in [0.717, 1.165) is 0 Å². The molecule has 10 heavy (non-hydrogen) atoms. The van der Waals surface area contributed by atoms with E-state index in [0.29, 0.717) is 13.0 Å². The van der Waals surface area contributed by atoms with Gasteiger partial charge >= 0.3 is 0 Å². The minimum Gasteiger partial charge on any atom is -0.338 e. The minimum absolute atomic E-state index is 0.0614. The first-order valence-electron chi connectivity index (χ1n) is 2.83. The number of hydrogen-bond donors (Lipinski definition) is 0. The zero-order chi connectivity index (χ0) is 7.78. The van der Waals surface area contributed by atoms with E-state index in [1.54, 1.807) is 0 Å². The van der Waals surface area contributed by atoms with Crippen LogP contribution in [0.3, 0.4) is 0 Å². The Balaban J connectivity index is 2.32. The van der Waals surface area contributed by atoms with Gasteiger partial charge in [-0.05, 0) is 0 Å². The van der Waals surface area contributed by atoms with E-state index in [-0.39, 0.29) is 12.5 Å². The van der Waals surface area contributed by atoms with Gasteiger partial charge in [0.1, 0.15) is 0 Å². The predicted molar refractivity (Wildman–Crippen MR) is 41.5 cm³/mol. The second-order valence-electron chi connectivity index (χ2n) is 2.18. The average molecular weight is 202 g/mol. The molecule has 0 radical (unpaired) electrons. The number of hydrogen-bond acceptors (Lipinski definition) is 1. The highest BCUT2D eigenvalue weighted by atomic mass is 35.6. The maximum Gasteiger partial charge on any atom is 0.224 e. The maximum absolute atomic E-state index is 10.7. The van der Waals surface area contributed by atoms with E-state index in [2.05, 4.69) is 0 Å². The molecule has 0 aromatic rings. The van der Waals surface area contributed by atoms with Crippen LogP contribution in [0.4, 0.5) is 0 Å². The summed E-state index contributed by atoms with van der Waals surface area (Å²) in [5, 5.41) is 0. The standard InChI is InChI=1S/C5H6Cl3NO/c6-5(7,8)3-9-2-1-4(9)10/h1-3H2. The van der Waals surface area contributed by atoms with Crippen molar-refractivity contribution >= 4 is 40.7 Å². The summed E-state index contributed by atoms with van der Waals surface area (Å²) in [6.07, 6.45) is 0.584. The van der Waals surface area contributed by atoms with Crippen LogP contribution in [0.2, 0.25) is 0 Å². The van der Waals surface area contributed by atoms with Gasteiger partial charge in [-0.1, -0.05) is 34.8 Å². The van der Waals surface area contributed by atoms with E-state index >= 15 is 0 Å². The Morgan fingerprint density at radius 2 is 2.10 bits per heavy atom. The Labute approximate surface area is 74.0 Å². The molecule has 0 aromatic carbocycles. The molecule has 0 spiro atoms. The summed E-state index contributed by atoms with van der Waals surface area (Å²) in [7, 11) is 0. The largest absolute Gasteiger partial charge is 0.338 e. The summed E-state index contributed by atoms with van der Waals surface area (Å²) in [4.78, 5) is 12.2. The number of carbonyl (C=O) groups excluding carboxylic acids is 1. The molecule has 1 aliphatic rings. The van der Waals surface area contributed by atoms with E-state index in [1.165, 1.54) is 4.90 Å². The molecule has 0 unspecified atom stereocenters. The van der Waals surface area contributed by atoms with Crippen LogP contribution >= 0.6 is 34.8 Å². The quantitative estimate of drug-likeness (QED) is 0.467. The van der Waals surface area contributed by atoms with Gasteiger partial charge in [-0.15, -0.1) is 0 Å². The lowest BCUT2D eigenvalue weighted by Crippen LogP contribution is -2.47. The number of alkyl halides is 3. The Morgan fingerprint density at radius 3 is 2.20 bits per heavy atom. The van der Waals surface area contributed by atoms with Crippen molar-refractivity contribution in [2.24, 2.45) is 0 Å². The Kier molecular flexibility index (Phi) is 2.33. The molecular weight excluding hydrogens is 196 g/mol. The van der Waals surface area contributed by atoms with Crippen LogP contribution in [0, 0.1) is 0 Å². The molecule has 0 saturated carbocycles. The summed E-state index contributed by atoms with van der Waals surface area (Å²) < 4.78 is -1.32. The Hall–Kier alpha value is 0.340. The Morgan fingerprint density at radius 1 is 1.50 bits per heavy atom. The van der Waals surface area contributed by atoms with Crippen molar-refractivity contribution in [2.75, 3.05) is 13.1 Å². The van der Waals surface area contributed by atoms with E-state index < -0.39 is 3.79 Å². The Bertz CT molecular complexity index is 153. The number of carbonyl (C=O) groups is 1. The van der Waals surface area contributed by atoms with Crippen molar-refractivity contribution in [3.8, 4) is 0 Å². The molecular formula is C5H6Cl3NO. The number of nitrogens with zero attached hydrogens (tertiary/aromatic N) is 1. The fourth-order valence-electron chi connectivity index (χ4n) is 0.745. The summed E-state index contributed by atoms with van der Waals surface area (Å²) in [5.74, 6) is 0.0614. The van der Waals surface area contributed by atoms with Gasteiger partial charge in [0.25, 0.3) is 0 Å². The molecule has 0 aromatic heterocycles. The number of β-lactam (4-membered cyclic amide) rings is 1. The maximum atomic E-state index is 10.7. The van der Waals surface area contributed by atoms with Crippen molar-refractivity contribution in [3.05, 3.63) is 0 Å². The van der Waals surface area contributed by atoms with Gasteiger partial charge in [0.05, 0.1) is 6.54 Å². The van der Waals surface area contributed by atoms with Crippen LogP contribution in [0.5, 0.6) is 0 Å². The van der Waals surface area contributed by atoms with Crippen LogP contribution in [-0.4, -0.2) is 27.7 Å². The lowest BCUT2D eigenvalue weighted by atomic mass is 10.2. The van der Waals surface area contributed by atoms with Crippen molar-refractivity contribution < 1.29 is 4.79 Å². The van der Waals surface area contributed by atoms with Crippen molar-refractivity contribution in [1.82, 2.24) is 4.90 Å². The second kappa shape index (κ2) is 2.76. The first-order chi connectivity index (χ1) is 4.49. The number of rotatable bonds is 1. The molecule has 58 valence electrons. The molecule has 1 heterocycles. The minimum atomic E-state index is -1.32. The number of likely N-dealkylation sites (tertiary alicyclic amines) is 1. The third-order valence-corrected chi connectivity index (χ3v) is 1.68. The van der Waals surface area contributed by atoms with E-state index in [1.807, 2.05) is 0 Å². The van der Waals surface area contributed by atoms with Gasteiger partial charge in [0.15, 0.2) is 0 Å². The molecule has 5 heteroatoms. The third-order valence-electron chi connectivity index (χ3n) is 1.32. The van der Waals surface area contributed by atoms with Crippen LogP contribution < -0.4 is 0 Å². The first-order valence-corrected chi connectivity index (χ1v) is 3.97. The van der Waals surface area contributed by atoms with Crippen LogP contribution in [0.15, 0.2) is 0 Å². The molecule has 1 amide bonds. The van der Waals surface area contributed by atoms with Gasteiger partial charge in [0, 0.05) is 13.0 Å². The monoisotopic (exact) mass is 201 g/mol. The van der Waals surface area contributed by atoms with E-state index in [4.69, 9.17) is 34.8 Å². The molecule has 0 aliphatic carbocycles. The summed E-state index contributed by atoms with van der Waals surface area (Å²) in [6, 6.07) is 0. The van der Waals surface area contributed by atoms with Crippen LogP contribution in [0.25, 0.3) is 0 Å². The molecule has 1 aliphatic heterocycles. The van der Waals surface area contributed by atoms with Crippen molar-refractivity contribution in [1.29, 1.82) is 0 Å². The highest BCUT2D eigenvalue weighted by Gasteiger charge is 2.31. The zero-order valence-corrected chi connectivity index (χ0v) is 7.38. The highest BCUT2D eigenvalue weighted by molar-refractivity contribution is 6.67. The molecule has 1 fully saturated rings. The van der Waals surface area contributed by atoms with Gasteiger partial charge in [-0.3, -0.25) is 4.79 Å². The van der Waals surface area contributed by atoms with Gasteiger partial charge in [-0.2, -0.15) is 0 Å². The molecule has 1 rings (SSSR count). The van der Waals surface area contributed by atoms with Crippen molar-refractivity contribution in [2.45, 2.75) is 10.2 Å². The summed E-state index contributed by atoms with van der Waals surface area (Å²) >= 11 is 16.3. The third kappa shape index (κ3) is 2.19. The van der Waals surface area contributed by atoms with Gasteiger partial charge < -0.3 is 4.90 Å². The van der Waals surface area contributed by atoms with Gasteiger partial charge in [0.2, 0.25) is 9.70 Å². The predicted octanol–water partition coefficient (Wildman–Crippen LogP) is 1.59. The SMILES string of the molecule is O=C1CCN1CC(Cl)(Cl)Cl. The zero-order valence-electron chi connectivity index (χ0n) is 5.11. The number of halogens is 3. The summed E-state index contributed by atoms with van der Waals surface area (Å²) in [6.45, 7) is 0.920. The smallest absolute Gasteiger partial charge is 0.224 e. The first kappa shape index (κ1) is 8.44. The lowest BCUT2D eigenvalue weighted by Gasteiger charge is -2.32. The van der Waals surface area contributed by atoms with Gasteiger partial charge in [-0.25, -0.2) is 0 Å². The molecule has 0 atom stereocenters. The number of amides is 1. The topological polar surface area (TPSA) is 20.3 Å². The highest BCUT2D eigenvalue weighted by Crippen LogP contribution is 2.28. The fourth-order valence-corrected chi connectivity index (χ4v) is 1.18. The molecule has 0 N–H and O–H groups in total. The lowest BCUT2D eigenvalue weighted by molar-refractivity contribution is -0.139. The average Bonchev–Trinajstić information content (AvgIpc) is 1.78. The van der Waals surface area contributed by atoms with Crippen molar-refractivity contribution in [3.63, 3.8) is 0 Å². The molecule has 2 nitrogen and oxygen atoms in total. The fraction of sp³-hybridized carbons (Fsp3) is 0.800. The second-order valence-corrected chi connectivity index (χ2v) is 4.70.